The van der Waals surface area contributed by atoms with Crippen molar-refractivity contribution >= 4 is 5.69 Å². The van der Waals surface area contributed by atoms with E-state index in [0.717, 1.165) is 31.5 Å². The van der Waals surface area contributed by atoms with Gasteiger partial charge in [0.2, 0.25) is 5.82 Å². The fourth-order valence-corrected chi connectivity index (χ4v) is 2.91. The number of nitrogens with zero attached hydrogens (tertiary/aromatic N) is 1. The van der Waals surface area contributed by atoms with E-state index in [0.29, 0.717) is 11.8 Å². The third-order valence-electron chi connectivity index (χ3n) is 4.59. The van der Waals surface area contributed by atoms with E-state index in [9.17, 15) is 14.5 Å². The van der Waals surface area contributed by atoms with Crippen LogP contribution in [0.3, 0.4) is 0 Å². The largest absolute Gasteiger partial charge is 0.490 e. The van der Waals surface area contributed by atoms with Gasteiger partial charge in [-0.3, -0.25) is 10.1 Å². The highest BCUT2D eigenvalue weighted by Crippen LogP contribution is 2.46. The highest BCUT2D eigenvalue weighted by atomic mass is 19.1. The van der Waals surface area contributed by atoms with Crippen LogP contribution in [0.2, 0.25) is 0 Å². The van der Waals surface area contributed by atoms with Crippen LogP contribution in [-0.2, 0) is 0 Å². The Morgan fingerprint density at radius 1 is 1.52 bits per heavy atom. The maximum absolute atomic E-state index is 13.6. The van der Waals surface area contributed by atoms with E-state index >= 15 is 0 Å². The van der Waals surface area contributed by atoms with Gasteiger partial charge in [0.1, 0.15) is 11.9 Å². The minimum Gasteiger partial charge on any atom is -0.490 e. The molecule has 0 spiro atoms. The molecular weight excluding hydrogens is 275 g/mol. The molecule has 5 nitrogen and oxygen atoms in total. The van der Waals surface area contributed by atoms with E-state index in [1.54, 1.807) is 0 Å². The van der Waals surface area contributed by atoms with Crippen molar-refractivity contribution in [2.24, 2.45) is 5.41 Å². The lowest BCUT2D eigenvalue weighted by Crippen LogP contribution is -2.63. The molecule has 21 heavy (non-hydrogen) atoms. The third-order valence-corrected chi connectivity index (χ3v) is 4.59. The van der Waals surface area contributed by atoms with Crippen LogP contribution in [0.4, 0.5) is 10.1 Å². The first-order valence-electron chi connectivity index (χ1n) is 7.26. The first-order valence-corrected chi connectivity index (χ1v) is 7.26. The molecule has 2 rings (SSSR count). The van der Waals surface area contributed by atoms with Crippen molar-refractivity contribution in [2.45, 2.75) is 45.8 Å². The molecule has 0 saturated heterocycles. The van der Waals surface area contributed by atoms with Gasteiger partial charge in [-0.1, -0.05) is 20.8 Å². The topological polar surface area (TPSA) is 64.4 Å². The molecule has 0 bridgehead atoms. The van der Waals surface area contributed by atoms with Crippen LogP contribution >= 0.6 is 0 Å². The Balaban J connectivity index is 2.09. The highest BCUT2D eigenvalue weighted by molar-refractivity contribution is 5.38. The summed E-state index contributed by atoms with van der Waals surface area (Å²) in [6.07, 6.45) is 1.80. The maximum Gasteiger partial charge on any atom is 0.305 e. The monoisotopic (exact) mass is 296 g/mol. The number of hydrogen-bond donors (Lipinski definition) is 1. The Morgan fingerprint density at radius 2 is 2.24 bits per heavy atom. The lowest BCUT2D eigenvalue weighted by atomic mass is 9.61. The minimum atomic E-state index is -0.863. The lowest BCUT2D eigenvalue weighted by Gasteiger charge is -2.53. The van der Waals surface area contributed by atoms with E-state index in [-0.39, 0.29) is 11.5 Å². The summed E-state index contributed by atoms with van der Waals surface area (Å²) in [6, 6.07) is 4.08. The normalized spacial score (nSPS) is 28.0. The summed E-state index contributed by atoms with van der Waals surface area (Å²) in [5.41, 5.74) is -0.534. The van der Waals surface area contributed by atoms with Gasteiger partial charge in [-0.25, -0.2) is 0 Å². The fraction of sp³-hybridized carbons (Fsp3) is 0.600. The molecule has 1 fully saturated rings. The standard InChI is InChI=1S/C15H21FN2O3/c1-4-15(3)13(17-5-2)9-14(15)21-10-6-7-12(18(19)20)11(16)8-10/h6-8,13-14,17H,4-5,9H2,1-3H3. The lowest BCUT2D eigenvalue weighted by molar-refractivity contribution is -0.387. The summed E-state index contributed by atoms with van der Waals surface area (Å²) >= 11 is 0. The van der Waals surface area contributed by atoms with Crippen LogP contribution in [0.15, 0.2) is 18.2 Å². The van der Waals surface area contributed by atoms with Crippen LogP contribution < -0.4 is 10.1 Å². The molecule has 0 radical (unpaired) electrons. The summed E-state index contributed by atoms with van der Waals surface area (Å²) < 4.78 is 19.5. The highest BCUT2D eigenvalue weighted by Gasteiger charge is 2.51. The molecule has 1 aromatic rings. The average Bonchev–Trinajstić information content (AvgIpc) is 2.45. The van der Waals surface area contributed by atoms with Gasteiger partial charge < -0.3 is 10.1 Å². The first kappa shape index (κ1) is 15.7. The van der Waals surface area contributed by atoms with E-state index in [4.69, 9.17) is 4.74 Å². The Morgan fingerprint density at radius 3 is 2.76 bits per heavy atom. The molecule has 0 amide bonds. The molecule has 116 valence electrons. The van der Waals surface area contributed by atoms with Crippen LogP contribution in [0.1, 0.15) is 33.6 Å². The molecule has 0 heterocycles. The smallest absolute Gasteiger partial charge is 0.305 e. The summed E-state index contributed by atoms with van der Waals surface area (Å²) in [6.45, 7) is 7.22. The van der Waals surface area contributed by atoms with Crippen molar-refractivity contribution in [3.63, 3.8) is 0 Å². The molecule has 1 aliphatic rings. The summed E-state index contributed by atoms with van der Waals surface area (Å²) in [4.78, 5) is 9.87. The van der Waals surface area contributed by atoms with E-state index in [2.05, 4.69) is 26.1 Å². The number of nitro groups is 1. The maximum atomic E-state index is 13.6. The predicted octanol–water partition coefficient (Wildman–Crippen LogP) is 3.28. The van der Waals surface area contributed by atoms with Crippen molar-refractivity contribution in [3.8, 4) is 5.75 Å². The number of halogens is 1. The predicted molar refractivity (Wildman–Crippen MR) is 78.0 cm³/mol. The van der Waals surface area contributed by atoms with Crippen molar-refractivity contribution in [1.29, 1.82) is 0 Å². The minimum absolute atomic E-state index is 0.00569. The SMILES string of the molecule is CCNC1CC(Oc2ccc([N+](=O)[O-])c(F)c2)C1(C)CC. The molecule has 6 heteroatoms. The molecular formula is C15H21FN2O3. The zero-order valence-electron chi connectivity index (χ0n) is 12.6. The summed E-state index contributed by atoms with van der Waals surface area (Å²) in [5.74, 6) is -0.518. The number of nitrogens with one attached hydrogen (secondary N) is 1. The molecule has 3 unspecified atom stereocenters. The average molecular weight is 296 g/mol. The zero-order valence-corrected chi connectivity index (χ0v) is 12.6. The van der Waals surface area contributed by atoms with Gasteiger partial charge in [0.25, 0.3) is 0 Å². The molecule has 1 aliphatic carbocycles. The third kappa shape index (κ3) is 2.85. The summed E-state index contributed by atoms with van der Waals surface area (Å²) in [7, 11) is 0. The second kappa shape index (κ2) is 5.97. The zero-order chi connectivity index (χ0) is 15.6. The van der Waals surface area contributed by atoms with E-state index in [1.807, 2.05) is 0 Å². The molecule has 1 aromatic carbocycles. The van der Waals surface area contributed by atoms with Gasteiger partial charge in [0.15, 0.2) is 0 Å². The Hall–Kier alpha value is -1.69. The van der Waals surface area contributed by atoms with Crippen molar-refractivity contribution in [2.75, 3.05) is 6.54 Å². The number of benzene rings is 1. The van der Waals surface area contributed by atoms with Gasteiger partial charge in [-0.2, -0.15) is 4.39 Å². The number of nitro benzene ring substituents is 1. The van der Waals surface area contributed by atoms with Crippen LogP contribution in [0, 0.1) is 21.3 Å². The summed E-state index contributed by atoms with van der Waals surface area (Å²) in [5, 5.41) is 14.0. The van der Waals surface area contributed by atoms with Crippen molar-refractivity contribution in [3.05, 3.63) is 34.1 Å². The van der Waals surface area contributed by atoms with Gasteiger partial charge in [-0.15, -0.1) is 0 Å². The van der Waals surface area contributed by atoms with Gasteiger partial charge in [0.05, 0.1) is 4.92 Å². The number of hydrogen-bond acceptors (Lipinski definition) is 4. The van der Waals surface area contributed by atoms with Gasteiger partial charge >= 0.3 is 5.69 Å². The fourth-order valence-electron chi connectivity index (χ4n) is 2.91. The molecule has 1 saturated carbocycles. The van der Waals surface area contributed by atoms with E-state index < -0.39 is 16.4 Å². The first-order chi connectivity index (χ1) is 9.92. The quantitative estimate of drug-likeness (QED) is 0.646. The van der Waals surface area contributed by atoms with Crippen LogP contribution in [-0.4, -0.2) is 23.6 Å². The van der Waals surface area contributed by atoms with Gasteiger partial charge in [0, 0.05) is 30.0 Å². The Kier molecular flexibility index (Phi) is 4.46. The molecule has 1 N–H and O–H groups in total. The second-order valence-electron chi connectivity index (χ2n) is 5.68. The van der Waals surface area contributed by atoms with Crippen molar-refractivity contribution < 1.29 is 14.1 Å². The molecule has 3 atom stereocenters. The Bertz CT molecular complexity index is 538. The van der Waals surface area contributed by atoms with Crippen LogP contribution in [0.5, 0.6) is 5.75 Å². The second-order valence-corrected chi connectivity index (χ2v) is 5.68. The molecule has 0 aromatic heterocycles. The number of ether oxygens (including phenoxy) is 1. The molecule has 0 aliphatic heterocycles. The van der Waals surface area contributed by atoms with E-state index in [1.165, 1.54) is 6.07 Å². The van der Waals surface area contributed by atoms with Crippen LogP contribution in [0.25, 0.3) is 0 Å². The van der Waals surface area contributed by atoms with Gasteiger partial charge in [-0.05, 0) is 19.0 Å². The van der Waals surface area contributed by atoms with Crippen molar-refractivity contribution in [1.82, 2.24) is 5.32 Å². The number of rotatable bonds is 6. The Labute approximate surface area is 123 Å².